The minimum Gasteiger partial charge on any atom is -0.383 e. The van der Waals surface area contributed by atoms with Crippen LogP contribution in [0.3, 0.4) is 0 Å². The van der Waals surface area contributed by atoms with Gasteiger partial charge in [0.25, 0.3) is 5.91 Å². The molecule has 2 heterocycles. The van der Waals surface area contributed by atoms with Gasteiger partial charge in [-0.25, -0.2) is 4.98 Å². The first-order valence-corrected chi connectivity index (χ1v) is 6.90. The molecule has 104 valence electrons. The number of methoxy groups -OCH3 is 2. The molecule has 1 aromatic rings. The van der Waals surface area contributed by atoms with E-state index in [0.29, 0.717) is 23.3 Å². The van der Waals surface area contributed by atoms with Gasteiger partial charge in [-0.05, 0) is 34.5 Å². The van der Waals surface area contributed by atoms with Crippen molar-refractivity contribution in [1.29, 1.82) is 0 Å². The molecule has 19 heavy (non-hydrogen) atoms. The molecule has 1 fully saturated rings. The van der Waals surface area contributed by atoms with Crippen LogP contribution in [0.15, 0.2) is 22.8 Å². The quantitative estimate of drug-likeness (QED) is 0.844. The van der Waals surface area contributed by atoms with Crippen LogP contribution in [0.2, 0.25) is 0 Å². The lowest BCUT2D eigenvalue weighted by Crippen LogP contribution is -2.39. The minimum absolute atomic E-state index is 0.0383. The predicted octanol–water partition coefficient (Wildman–Crippen LogP) is 1.72. The summed E-state index contributed by atoms with van der Waals surface area (Å²) in [5.74, 6) is -0.0888. The summed E-state index contributed by atoms with van der Waals surface area (Å²) in [6.45, 7) is 1.09. The van der Waals surface area contributed by atoms with Crippen LogP contribution in [0, 0.1) is 0 Å². The van der Waals surface area contributed by atoms with Gasteiger partial charge in [0.15, 0.2) is 0 Å². The van der Waals surface area contributed by atoms with Gasteiger partial charge in [-0.3, -0.25) is 4.79 Å². The maximum atomic E-state index is 12.5. The van der Waals surface area contributed by atoms with E-state index in [1.165, 1.54) is 0 Å². The van der Waals surface area contributed by atoms with Crippen molar-refractivity contribution >= 4 is 21.8 Å². The normalized spacial score (nSPS) is 22.8. The van der Waals surface area contributed by atoms with Crippen molar-refractivity contribution in [1.82, 2.24) is 9.88 Å². The van der Waals surface area contributed by atoms with Crippen molar-refractivity contribution in [3.05, 3.63) is 28.5 Å². The molecule has 0 unspecified atom stereocenters. The number of carbonyl (C=O) groups is 1. The lowest BCUT2D eigenvalue weighted by molar-refractivity contribution is 0.0605. The summed E-state index contributed by atoms with van der Waals surface area (Å²) in [6.07, 6.45) is 2.47. The second-order valence-electron chi connectivity index (χ2n) is 4.49. The first-order chi connectivity index (χ1) is 9.17. The largest absolute Gasteiger partial charge is 0.383 e. The van der Waals surface area contributed by atoms with Gasteiger partial charge in [0.05, 0.1) is 18.8 Å². The molecule has 0 N–H and O–H groups in total. The number of likely N-dealkylation sites (tertiary alicyclic amines) is 1. The summed E-state index contributed by atoms with van der Waals surface area (Å²) in [7, 11) is 3.30. The summed E-state index contributed by atoms with van der Waals surface area (Å²) in [5, 5.41) is 0. The number of hydrogen-bond donors (Lipinski definition) is 0. The van der Waals surface area contributed by atoms with Crippen molar-refractivity contribution in [3.8, 4) is 0 Å². The number of pyridine rings is 1. The van der Waals surface area contributed by atoms with E-state index in [0.717, 1.165) is 6.42 Å². The fraction of sp³-hybridized carbons (Fsp3) is 0.538. The van der Waals surface area contributed by atoms with Gasteiger partial charge in [-0.15, -0.1) is 0 Å². The second-order valence-corrected chi connectivity index (χ2v) is 5.35. The summed E-state index contributed by atoms with van der Waals surface area (Å²) in [6, 6.07) is 3.64. The Kier molecular flexibility index (Phi) is 4.90. The summed E-state index contributed by atoms with van der Waals surface area (Å²) >= 11 is 3.36. The zero-order valence-corrected chi connectivity index (χ0v) is 12.6. The van der Waals surface area contributed by atoms with Crippen LogP contribution < -0.4 is 0 Å². The zero-order chi connectivity index (χ0) is 13.8. The fourth-order valence-corrected chi connectivity index (χ4v) is 2.75. The number of halogens is 1. The van der Waals surface area contributed by atoms with Crippen LogP contribution in [-0.4, -0.2) is 55.3 Å². The highest BCUT2D eigenvalue weighted by Gasteiger charge is 2.36. The van der Waals surface area contributed by atoms with Crippen molar-refractivity contribution in [2.24, 2.45) is 0 Å². The molecule has 1 aliphatic heterocycles. The van der Waals surface area contributed by atoms with Gasteiger partial charge in [-0.1, -0.05) is 0 Å². The van der Waals surface area contributed by atoms with E-state index in [4.69, 9.17) is 9.47 Å². The van der Waals surface area contributed by atoms with Crippen molar-refractivity contribution in [3.63, 3.8) is 0 Å². The third-order valence-electron chi connectivity index (χ3n) is 3.29. The van der Waals surface area contributed by atoms with E-state index in [1.54, 1.807) is 31.4 Å². The molecule has 2 rings (SSSR count). The standard InChI is InChI=1S/C13H17BrN2O3/c1-18-8-9-6-10(19-2)7-16(9)13(17)12-11(14)4-3-5-15-12/h3-5,9-10H,6-8H2,1-2H3/t9-,10+/m0/s1. The topological polar surface area (TPSA) is 51.7 Å². The highest BCUT2D eigenvalue weighted by atomic mass is 79.9. The van der Waals surface area contributed by atoms with Gasteiger partial charge in [0.1, 0.15) is 5.69 Å². The van der Waals surface area contributed by atoms with E-state index in [9.17, 15) is 4.79 Å². The highest BCUT2D eigenvalue weighted by molar-refractivity contribution is 9.10. The molecule has 0 spiro atoms. The Bertz CT molecular complexity index is 455. The molecule has 0 radical (unpaired) electrons. The summed E-state index contributed by atoms with van der Waals surface area (Å²) in [4.78, 5) is 18.5. The average molecular weight is 329 g/mol. The summed E-state index contributed by atoms with van der Waals surface area (Å²) in [5.41, 5.74) is 0.431. The first-order valence-electron chi connectivity index (χ1n) is 6.10. The SMILES string of the molecule is COC[C@@H]1C[C@@H](OC)CN1C(=O)c1ncccc1Br. The number of aromatic nitrogens is 1. The molecule has 5 nitrogen and oxygen atoms in total. The Labute approximate surface area is 121 Å². The second kappa shape index (κ2) is 6.45. The number of rotatable bonds is 4. The Morgan fingerprint density at radius 1 is 1.58 bits per heavy atom. The molecule has 0 bridgehead atoms. The molecule has 0 aliphatic carbocycles. The fourth-order valence-electron chi connectivity index (χ4n) is 2.32. The Balaban J connectivity index is 2.19. The Hall–Kier alpha value is -0.980. The van der Waals surface area contributed by atoms with Gasteiger partial charge in [0.2, 0.25) is 0 Å². The van der Waals surface area contributed by atoms with Crippen LogP contribution in [0.25, 0.3) is 0 Å². The minimum atomic E-state index is -0.0888. The predicted molar refractivity (Wildman–Crippen MR) is 74.1 cm³/mol. The lowest BCUT2D eigenvalue weighted by atomic mass is 10.2. The monoisotopic (exact) mass is 328 g/mol. The van der Waals surface area contributed by atoms with Crippen molar-refractivity contribution < 1.29 is 14.3 Å². The van der Waals surface area contributed by atoms with E-state index >= 15 is 0 Å². The van der Waals surface area contributed by atoms with Gasteiger partial charge < -0.3 is 14.4 Å². The van der Waals surface area contributed by atoms with E-state index < -0.39 is 0 Å². The molecular weight excluding hydrogens is 312 g/mol. The van der Waals surface area contributed by atoms with Crippen molar-refractivity contribution in [2.45, 2.75) is 18.6 Å². The number of hydrogen-bond acceptors (Lipinski definition) is 4. The number of nitrogens with zero attached hydrogens (tertiary/aromatic N) is 2. The van der Waals surface area contributed by atoms with Crippen LogP contribution in [-0.2, 0) is 9.47 Å². The van der Waals surface area contributed by atoms with Crippen LogP contribution in [0.1, 0.15) is 16.9 Å². The van der Waals surface area contributed by atoms with E-state index in [2.05, 4.69) is 20.9 Å². The van der Waals surface area contributed by atoms with E-state index in [-0.39, 0.29) is 18.1 Å². The highest BCUT2D eigenvalue weighted by Crippen LogP contribution is 2.24. The van der Waals surface area contributed by atoms with Crippen LogP contribution in [0.5, 0.6) is 0 Å². The molecule has 2 atom stereocenters. The maximum Gasteiger partial charge on any atom is 0.274 e. The lowest BCUT2D eigenvalue weighted by Gasteiger charge is -2.23. The molecule has 1 aromatic heterocycles. The van der Waals surface area contributed by atoms with E-state index in [1.807, 2.05) is 6.07 Å². The van der Waals surface area contributed by atoms with Crippen LogP contribution in [0.4, 0.5) is 0 Å². The third kappa shape index (κ3) is 3.13. The van der Waals surface area contributed by atoms with Gasteiger partial charge >= 0.3 is 0 Å². The number of amides is 1. The Morgan fingerprint density at radius 2 is 2.37 bits per heavy atom. The number of ether oxygens (including phenoxy) is 2. The first kappa shape index (κ1) is 14.4. The zero-order valence-electron chi connectivity index (χ0n) is 11.0. The molecule has 0 saturated carbocycles. The smallest absolute Gasteiger partial charge is 0.274 e. The van der Waals surface area contributed by atoms with Gasteiger partial charge in [0, 0.05) is 31.4 Å². The molecule has 0 aromatic carbocycles. The summed E-state index contributed by atoms with van der Waals surface area (Å²) < 4.78 is 11.2. The molecule has 1 amide bonds. The van der Waals surface area contributed by atoms with Gasteiger partial charge in [-0.2, -0.15) is 0 Å². The molecule has 1 aliphatic rings. The van der Waals surface area contributed by atoms with Crippen LogP contribution >= 0.6 is 15.9 Å². The molecular formula is C13H17BrN2O3. The molecule has 6 heteroatoms. The maximum absolute atomic E-state index is 12.5. The van der Waals surface area contributed by atoms with Crippen molar-refractivity contribution in [2.75, 3.05) is 27.4 Å². The third-order valence-corrected chi connectivity index (χ3v) is 3.93. The molecule has 1 saturated heterocycles. The number of carbonyl (C=O) groups excluding carboxylic acids is 1. The average Bonchev–Trinajstić information content (AvgIpc) is 2.82. The Morgan fingerprint density at radius 3 is 3.00 bits per heavy atom.